The summed E-state index contributed by atoms with van der Waals surface area (Å²) in [7, 11) is 1.43. The van der Waals surface area contributed by atoms with E-state index in [1.807, 2.05) is 0 Å². The van der Waals surface area contributed by atoms with Crippen molar-refractivity contribution in [2.24, 2.45) is 0 Å². The number of amides is 1. The predicted molar refractivity (Wildman–Crippen MR) is 70.1 cm³/mol. The lowest BCUT2D eigenvalue weighted by Crippen LogP contribution is -2.20. The van der Waals surface area contributed by atoms with Gasteiger partial charge in [0.1, 0.15) is 19.0 Å². The van der Waals surface area contributed by atoms with Crippen molar-refractivity contribution in [3.8, 4) is 5.75 Å². The molecule has 0 bridgehead atoms. The molecule has 0 radical (unpaired) electrons. The molecule has 1 rings (SSSR count). The highest BCUT2D eigenvalue weighted by Gasteiger charge is 2.11. The lowest BCUT2D eigenvalue weighted by atomic mass is 10.3. The molecular weight excluding hydrogens is 297 g/mol. The minimum atomic E-state index is -1.15. The van der Waals surface area contributed by atoms with Gasteiger partial charge in [0.05, 0.1) is 22.8 Å². The molecule has 1 aromatic rings. The van der Waals surface area contributed by atoms with Crippen molar-refractivity contribution in [1.82, 2.24) is 0 Å². The monoisotopic (exact) mass is 307 g/mol. The molecule has 0 unspecified atom stereocenters. The van der Waals surface area contributed by atoms with Crippen LogP contribution in [-0.4, -0.2) is 37.3 Å². The summed E-state index contributed by atoms with van der Waals surface area (Å²) < 4.78 is 9.62. The van der Waals surface area contributed by atoms with Gasteiger partial charge in [0.15, 0.2) is 0 Å². The van der Waals surface area contributed by atoms with Gasteiger partial charge in [0.2, 0.25) is 5.91 Å². The smallest absolute Gasteiger partial charge is 0.329 e. The van der Waals surface area contributed by atoms with Gasteiger partial charge in [0, 0.05) is 6.07 Å². The van der Waals surface area contributed by atoms with E-state index in [9.17, 15) is 9.59 Å². The van der Waals surface area contributed by atoms with E-state index >= 15 is 0 Å². The zero-order valence-corrected chi connectivity index (χ0v) is 11.4. The van der Waals surface area contributed by atoms with Crippen LogP contribution in [0.2, 0.25) is 10.0 Å². The van der Waals surface area contributed by atoms with E-state index < -0.39 is 25.1 Å². The van der Waals surface area contributed by atoms with E-state index in [1.165, 1.54) is 19.2 Å². The Hall–Kier alpha value is -1.50. The first-order valence-electron chi connectivity index (χ1n) is 5.06. The van der Waals surface area contributed by atoms with Crippen LogP contribution in [0.3, 0.4) is 0 Å². The molecule has 6 nitrogen and oxygen atoms in total. The molecule has 0 saturated carbocycles. The van der Waals surface area contributed by atoms with Crippen LogP contribution in [0.1, 0.15) is 0 Å². The molecule has 0 fully saturated rings. The Labute approximate surface area is 119 Å². The number of carbonyl (C=O) groups excluding carboxylic acids is 1. The fraction of sp³-hybridized carbons (Fsp3) is 0.273. The van der Waals surface area contributed by atoms with Crippen LogP contribution in [0, 0.1) is 0 Å². The number of ether oxygens (including phenoxy) is 2. The molecule has 0 aromatic heterocycles. The van der Waals surface area contributed by atoms with Gasteiger partial charge in [-0.05, 0) is 6.07 Å². The maximum absolute atomic E-state index is 11.5. The second kappa shape index (κ2) is 7.18. The number of rotatable bonds is 6. The number of carboxylic acids is 1. The largest absolute Gasteiger partial charge is 0.495 e. The predicted octanol–water partition coefficient (Wildman–Crippen LogP) is 2.04. The number of aliphatic carboxylic acids is 1. The summed E-state index contributed by atoms with van der Waals surface area (Å²) in [4.78, 5) is 21.7. The first kappa shape index (κ1) is 15.6. The normalized spacial score (nSPS) is 10.1. The summed E-state index contributed by atoms with van der Waals surface area (Å²) in [6, 6.07) is 2.88. The second-order valence-electron chi connectivity index (χ2n) is 3.40. The molecule has 2 N–H and O–H groups in total. The maximum Gasteiger partial charge on any atom is 0.329 e. The highest BCUT2D eigenvalue weighted by Crippen LogP contribution is 2.33. The third-order valence-corrected chi connectivity index (χ3v) is 2.58. The van der Waals surface area contributed by atoms with Crippen molar-refractivity contribution in [2.45, 2.75) is 0 Å². The summed E-state index contributed by atoms with van der Waals surface area (Å²) in [6.07, 6.45) is 0. The second-order valence-corrected chi connectivity index (χ2v) is 4.22. The molecule has 0 aliphatic rings. The molecule has 0 aliphatic carbocycles. The molecule has 8 heteroatoms. The number of halogens is 2. The maximum atomic E-state index is 11.5. The molecule has 0 heterocycles. The van der Waals surface area contributed by atoms with Crippen LogP contribution in [0.4, 0.5) is 5.69 Å². The highest BCUT2D eigenvalue weighted by atomic mass is 35.5. The highest BCUT2D eigenvalue weighted by molar-refractivity contribution is 6.37. The number of anilines is 1. The Kier molecular flexibility index (Phi) is 5.88. The average molecular weight is 308 g/mol. The summed E-state index contributed by atoms with van der Waals surface area (Å²) in [5, 5.41) is 11.4. The lowest BCUT2D eigenvalue weighted by Gasteiger charge is -2.10. The Balaban J connectivity index is 2.66. The van der Waals surface area contributed by atoms with E-state index in [0.29, 0.717) is 16.5 Å². The van der Waals surface area contributed by atoms with Crippen molar-refractivity contribution in [3.05, 3.63) is 22.2 Å². The number of benzene rings is 1. The topological polar surface area (TPSA) is 84.9 Å². The Bertz CT molecular complexity index is 492. The third-order valence-electron chi connectivity index (χ3n) is 1.97. The van der Waals surface area contributed by atoms with Gasteiger partial charge < -0.3 is 19.9 Å². The average Bonchev–Trinajstić information content (AvgIpc) is 2.32. The van der Waals surface area contributed by atoms with Crippen LogP contribution in [0.25, 0.3) is 0 Å². The first-order chi connectivity index (χ1) is 8.93. The molecule has 0 saturated heterocycles. The zero-order valence-electron chi connectivity index (χ0n) is 9.91. The summed E-state index contributed by atoms with van der Waals surface area (Å²) in [5.41, 5.74) is 0.298. The number of nitrogens with one attached hydrogen (secondary N) is 1. The molecular formula is C11H11Cl2NO5. The third kappa shape index (κ3) is 4.94. The van der Waals surface area contributed by atoms with Crippen molar-refractivity contribution in [2.75, 3.05) is 25.6 Å². The van der Waals surface area contributed by atoms with Gasteiger partial charge in [-0.25, -0.2) is 4.79 Å². The lowest BCUT2D eigenvalue weighted by molar-refractivity contribution is -0.143. The van der Waals surface area contributed by atoms with Crippen LogP contribution >= 0.6 is 23.2 Å². The summed E-state index contributed by atoms with van der Waals surface area (Å²) in [6.45, 7) is -0.946. The minimum absolute atomic E-state index is 0.234. The van der Waals surface area contributed by atoms with E-state index in [-0.39, 0.29) is 5.02 Å². The van der Waals surface area contributed by atoms with E-state index in [0.717, 1.165) is 0 Å². The number of methoxy groups -OCH3 is 1. The molecule has 19 heavy (non-hydrogen) atoms. The summed E-state index contributed by atoms with van der Waals surface area (Å²) >= 11 is 11.7. The van der Waals surface area contributed by atoms with E-state index in [2.05, 4.69) is 10.1 Å². The number of hydrogen-bond acceptors (Lipinski definition) is 4. The molecule has 0 atom stereocenters. The molecule has 1 amide bonds. The van der Waals surface area contributed by atoms with Crippen LogP contribution in [0.15, 0.2) is 12.1 Å². The quantitative estimate of drug-likeness (QED) is 0.840. The molecule has 0 spiro atoms. The Morgan fingerprint density at radius 2 is 1.95 bits per heavy atom. The molecule has 104 valence electrons. The van der Waals surface area contributed by atoms with Gasteiger partial charge in [-0.2, -0.15) is 0 Å². The molecule has 0 aliphatic heterocycles. The van der Waals surface area contributed by atoms with Gasteiger partial charge >= 0.3 is 5.97 Å². The van der Waals surface area contributed by atoms with Gasteiger partial charge in [-0.1, -0.05) is 23.2 Å². The van der Waals surface area contributed by atoms with Crippen LogP contribution < -0.4 is 10.1 Å². The van der Waals surface area contributed by atoms with Gasteiger partial charge in [-0.15, -0.1) is 0 Å². The number of carbonyl (C=O) groups is 2. The number of hydrogen-bond donors (Lipinski definition) is 2. The van der Waals surface area contributed by atoms with Gasteiger partial charge in [-0.3, -0.25) is 4.79 Å². The van der Waals surface area contributed by atoms with Crippen molar-refractivity contribution in [1.29, 1.82) is 0 Å². The minimum Gasteiger partial charge on any atom is -0.495 e. The standard InChI is InChI=1S/C11H11Cl2NO5/c1-18-9-3-8(6(12)2-7(9)13)14-10(15)4-19-5-11(16)17/h2-3H,4-5H2,1H3,(H,14,15)(H,16,17). The summed E-state index contributed by atoms with van der Waals surface area (Å²) in [5.74, 6) is -1.33. The van der Waals surface area contributed by atoms with Crippen LogP contribution in [-0.2, 0) is 14.3 Å². The SMILES string of the molecule is COc1cc(NC(=O)COCC(=O)O)c(Cl)cc1Cl. The fourth-order valence-corrected chi connectivity index (χ4v) is 1.71. The molecule has 1 aromatic carbocycles. The first-order valence-corrected chi connectivity index (χ1v) is 5.82. The van der Waals surface area contributed by atoms with Crippen LogP contribution in [0.5, 0.6) is 5.75 Å². The fourth-order valence-electron chi connectivity index (χ4n) is 1.20. The Morgan fingerprint density at radius 3 is 2.53 bits per heavy atom. The van der Waals surface area contributed by atoms with Crippen molar-refractivity contribution >= 4 is 40.8 Å². The van der Waals surface area contributed by atoms with E-state index in [4.69, 9.17) is 33.0 Å². The van der Waals surface area contributed by atoms with Gasteiger partial charge in [0.25, 0.3) is 0 Å². The van der Waals surface area contributed by atoms with Crippen molar-refractivity contribution < 1.29 is 24.2 Å². The van der Waals surface area contributed by atoms with E-state index in [1.54, 1.807) is 0 Å². The number of carboxylic acid groups (broad SMARTS) is 1. The zero-order chi connectivity index (χ0) is 14.4. The van der Waals surface area contributed by atoms with Crippen molar-refractivity contribution in [3.63, 3.8) is 0 Å². The Morgan fingerprint density at radius 1 is 1.26 bits per heavy atom.